The van der Waals surface area contributed by atoms with Crippen LogP contribution in [-0.4, -0.2) is 40.3 Å². The number of para-hydroxylation sites is 2. The van der Waals surface area contributed by atoms with Crippen LogP contribution in [0.3, 0.4) is 0 Å². The lowest BCUT2D eigenvalue weighted by Gasteiger charge is -2.13. The Morgan fingerprint density at radius 2 is 1.96 bits per heavy atom. The van der Waals surface area contributed by atoms with E-state index in [0.29, 0.717) is 31.1 Å². The van der Waals surface area contributed by atoms with E-state index < -0.39 is 0 Å². The molecule has 3 rings (SSSR count). The van der Waals surface area contributed by atoms with Crippen molar-refractivity contribution in [3.8, 4) is 0 Å². The molecule has 0 unspecified atom stereocenters. The number of carbonyl (C=O) groups excluding carboxylic acids is 1. The summed E-state index contributed by atoms with van der Waals surface area (Å²) in [5, 5.41) is 7.08. The Labute approximate surface area is 145 Å². The van der Waals surface area contributed by atoms with Gasteiger partial charge in [-0.1, -0.05) is 26.0 Å². The van der Waals surface area contributed by atoms with Crippen LogP contribution in [0.1, 0.15) is 24.3 Å². The average molecular weight is 342 g/mol. The van der Waals surface area contributed by atoms with Gasteiger partial charge in [0.1, 0.15) is 5.52 Å². The van der Waals surface area contributed by atoms with Gasteiger partial charge in [-0.05, 0) is 18.1 Å². The molecule has 0 fully saturated rings. The molecule has 7 heteroatoms. The molecule has 0 spiro atoms. The van der Waals surface area contributed by atoms with E-state index in [1.165, 1.54) is 0 Å². The second-order valence-corrected chi connectivity index (χ2v) is 6.37. The summed E-state index contributed by atoms with van der Waals surface area (Å²) in [6.45, 7) is 5.55. The van der Waals surface area contributed by atoms with Gasteiger partial charge in [-0.15, -0.1) is 0 Å². The molecular weight excluding hydrogens is 320 g/mol. The number of aromatic nitrogens is 3. The van der Waals surface area contributed by atoms with Gasteiger partial charge in [-0.25, -0.2) is 4.52 Å². The molecule has 2 aromatic heterocycles. The van der Waals surface area contributed by atoms with Crippen LogP contribution in [0.15, 0.2) is 35.1 Å². The van der Waals surface area contributed by atoms with Gasteiger partial charge >= 0.3 is 0 Å². The summed E-state index contributed by atoms with van der Waals surface area (Å²) in [5.41, 5.74) is 2.09. The normalized spacial score (nSPS) is 11.5. The zero-order chi connectivity index (χ0) is 18.0. The quantitative estimate of drug-likeness (QED) is 0.692. The number of hydrogen-bond donors (Lipinski definition) is 1. The number of hydrogen-bond acceptors (Lipinski definition) is 4. The molecule has 1 N–H and O–H groups in total. The molecule has 0 radical (unpaired) electrons. The maximum Gasteiger partial charge on any atom is 0.277 e. The Bertz CT molecular complexity index is 972. The number of fused-ring (bicyclic) bond motifs is 3. The van der Waals surface area contributed by atoms with E-state index in [1.807, 2.05) is 24.3 Å². The van der Waals surface area contributed by atoms with Gasteiger partial charge in [-0.3, -0.25) is 9.59 Å². The number of nitrogens with zero attached hydrogens (tertiary/aromatic N) is 3. The van der Waals surface area contributed by atoms with Crippen molar-refractivity contribution >= 4 is 22.5 Å². The van der Waals surface area contributed by atoms with Crippen LogP contribution < -0.4 is 10.9 Å². The minimum absolute atomic E-state index is 0.143. The van der Waals surface area contributed by atoms with Crippen LogP contribution in [0.4, 0.5) is 0 Å². The molecular formula is C18H22N4O3. The zero-order valence-electron chi connectivity index (χ0n) is 14.7. The number of rotatable bonds is 6. The van der Waals surface area contributed by atoms with E-state index in [4.69, 9.17) is 4.74 Å². The summed E-state index contributed by atoms with van der Waals surface area (Å²) in [6.07, 6.45) is 0. The number of carbonyl (C=O) groups is 1. The van der Waals surface area contributed by atoms with Crippen molar-refractivity contribution in [3.05, 3.63) is 46.4 Å². The van der Waals surface area contributed by atoms with Crippen molar-refractivity contribution in [2.75, 3.05) is 20.3 Å². The number of amides is 1. The largest absolute Gasteiger partial charge is 0.383 e. The fourth-order valence-corrected chi connectivity index (χ4v) is 2.85. The van der Waals surface area contributed by atoms with E-state index in [1.54, 1.807) is 22.3 Å². The topological polar surface area (TPSA) is 77.6 Å². The number of nitrogens with one attached hydrogen (secondary N) is 1. The number of benzene rings is 1. The molecule has 3 aromatic rings. The van der Waals surface area contributed by atoms with Gasteiger partial charge in [-0.2, -0.15) is 5.10 Å². The fourth-order valence-electron chi connectivity index (χ4n) is 2.85. The fraction of sp³-hybridized carbons (Fsp3) is 0.389. The van der Waals surface area contributed by atoms with Gasteiger partial charge in [0.25, 0.3) is 11.5 Å². The predicted octanol–water partition coefficient (Wildman–Crippen LogP) is 1.68. The van der Waals surface area contributed by atoms with Crippen molar-refractivity contribution in [3.63, 3.8) is 0 Å². The molecule has 1 amide bonds. The van der Waals surface area contributed by atoms with E-state index in [0.717, 1.165) is 11.0 Å². The number of methoxy groups -OCH3 is 1. The molecule has 7 nitrogen and oxygen atoms in total. The standard InChI is InChI=1S/C18H22N4O3/c1-12(2)11-21-14-6-4-5-7-15(14)22-16(18(21)24)10-13(20-22)17(23)19-8-9-25-3/h4-7,10,12H,8-9,11H2,1-3H3,(H,19,23). The minimum atomic E-state index is -0.320. The molecule has 0 atom stereocenters. The molecule has 2 heterocycles. The van der Waals surface area contributed by atoms with Crippen LogP contribution in [0.25, 0.3) is 16.6 Å². The first-order chi connectivity index (χ1) is 12.0. The predicted molar refractivity (Wildman–Crippen MR) is 96.0 cm³/mol. The third-order valence-corrected chi connectivity index (χ3v) is 3.95. The third kappa shape index (κ3) is 3.28. The Balaban J connectivity index is 2.15. The number of ether oxygens (including phenoxy) is 1. The highest BCUT2D eigenvalue weighted by atomic mass is 16.5. The molecule has 0 bridgehead atoms. The van der Waals surface area contributed by atoms with Gasteiger partial charge in [0.05, 0.1) is 17.6 Å². The summed E-state index contributed by atoms with van der Waals surface area (Å²) in [7, 11) is 1.57. The van der Waals surface area contributed by atoms with E-state index in [-0.39, 0.29) is 17.2 Å². The van der Waals surface area contributed by atoms with Gasteiger partial charge in [0.2, 0.25) is 0 Å². The van der Waals surface area contributed by atoms with Crippen LogP contribution in [0.2, 0.25) is 0 Å². The third-order valence-electron chi connectivity index (χ3n) is 3.95. The highest BCUT2D eigenvalue weighted by Crippen LogP contribution is 2.16. The molecule has 0 saturated heterocycles. The maximum atomic E-state index is 12.9. The first kappa shape index (κ1) is 17.2. The molecule has 0 aliphatic heterocycles. The van der Waals surface area contributed by atoms with Crippen molar-refractivity contribution in [1.29, 1.82) is 0 Å². The molecule has 0 saturated carbocycles. The Morgan fingerprint density at radius 1 is 1.24 bits per heavy atom. The van der Waals surface area contributed by atoms with E-state index >= 15 is 0 Å². The Hall–Kier alpha value is -2.67. The SMILES string of the molecule is COCCNC(=O)c1cc2c(=O)n(CC(C)C)c3ccccc3n2n1. The van der Waals surface area contributed by atoms with Crippen molar-refractivity contribution in [2.45, 2.75) is 20.4 Å². The lowest BCUT2D eigenvalue weighted by molar-refractivity contribution is 0.0932. The first-order valence-electron chi connectivity index (χ1n) is 8.31. The van der Waals surface area contributed by atoms with Gasteiger partial charge in [0.15, 0.2) is 5.69 Å². The van der Waals surface area contributed by atoms with E-state index in [9.17, 15) is 9.59 Å². The van der Waals surface area contributed by atoms with Crippen LogP contribution >= 0.6 is 0 Å². The summed E-state index contributed by atoms with van der Waals surface area (Å²) in [5.74, 6) is 0.00271. The van der Waals surface area contributed by atoms with Crippen LogP contribution in [0, 0.1) is 5.92 Å². The lowest BCUT2D eigenvalue weighted by Crippen LogP contribution is -2.27. The molecule has 0 aliphatic carbocycles. The monoisotopic (exact) mass is 342 g/mol. The van der Waals surface area contributed by atoms with E-state index in [2.05, 4.69) is 24.3 Å². The van der Waals surface area contributed by atoms with Gasteiger partial charge < -0.3 is 14.6 Å². The molecule has 1 aromatic carbocycles. The molecule has 0 aliphatic rings. The summed E-state index contributed by atoms with van der Waals surface area (Å²) in [6, 6.07) is 9.14. The van der Waals surface area contributed by atoms with Crippen LogP contribution in [-0.2, 0) is 11.3 Å². The minimum Gasteiger partial charge on any atom is -0.383 e. The highest BCUT2D eigenvalue weighted by Gasteiger charge is 2.17. The smallest absolute Gasteiger partial charge is 0.277 e. The van der Waals surface area contributed by atoms with Crippen molar-refractivity contribution in [1.82, 2.24) is 19.5 Å². The van der Waals surface area contributed by atoms with Crippen molar-refractivity contribution < 1.29 is 9.53 Å². The first-order valence-corrected chi connectivity index (χ1v) is 8.31. The summed E-state index contributed by atoms with van der Waals surface area (Å²) < 4.78 is 8.23. The van der Waals surface area contributed by atoms with Crippen LogP contribution in [0.5, 0.6) is 0 Å². The van der Waals surface area contributed by atoms with Crippen molar-refractivity contribution in [2.24, 2.45) is 5.92 Å². The summed E-state index contributed by atoms with van der Waals surface area (Å²) >= 11 is 0. The zero-order valence-corrected chi connectivity index (χ0v) is 14.7. The molecule has 132 valence electrons. The average Bonchev–Trinajstić information content (AvgIpc) is 3.04. The Morgan fingerprint density at radius 3 is 2.64 bits per heavy atom. The second-order valence-electron chi connectivity index (χ2n) is 6.37. The van der Waals surface area contributed by atoms with Gasteiger partial charge in [0, 0.05) is 26.3 Å². The molecule has 25 heavy (non-hydrogen) atoms. The highest BCUT2D eigenvalue weighted by molar-refractivity contribution is 5.94. The maximum absolute atomic E-state index is 12.9. The lowest BCUT2D eigenvalue weighted by atomic mass is 10.2. The Kier molecular flexibility index (Phi) is 4.85. The summed E-state index contributed by atoms with van der Waals surface area (Å²) in [4.78, 5) is 25.2. The second kappa shape index (κ2) is 7.06.